The van der Waals surface area contributed by atoms with Gasteiger partial charge in [-0.2, -0.15) is 0 Å². The number of nitrogens with one attached hydrogen (secondary N) is 1. The standard InChI is InChI=1S/C13H13BrFN3O2S/c14-10-7-11(15)12(16)8-13(10)21(19,20)18-6-3-9-1-4-17-5-2-9/h1-2,4-5,7-8,18H,3,6,16H2. The molecule has 2 aromatic rings. The van der Waals surface area contributed by atoms with Gasteiger partial charge >= 0.3 is 0 Å². The molecular formula is C13H13BrFN3O2S. The number of nitrogens with two attached hydrogens (primary N) is 1. The highest BCUT2D eigenvalue weighted by Gasteiger charge is 2.19. The molecule has 0 amide bonds. The van der Waals surface area contributed by atoms with Crippen LogP contribution in [0.15, 0.2) is 46.0 Å². The molecule has 0 radical (unpaired) electrons. The molecule has 0 saturated carbocycles. The predicted octanol–water partition coefficient (Wildman–Crippen LogP) is 2.09. The zero-order valence-corrected chi connectivity index (χ0v) is 13.3. The molecule has 8 heteroatoms. The van der Waals surface area contributed by atoms with Gasteiger partial charge in [0, 0.05) is 23.4 Å². The SMILES string of the molecule is Nc1cc(S(=O)(=O)NCCc2ccncc2)c(Br)cc1F. The molecule has 3 N–H and O–H groups in total. The first-order valence-corrected chi connectivity index (χ1v) is 8.31. The number of pyridine rings is 1. The van der Waals surface area contributed by atoms with Crippen LogP contribution in [0.1, 0.15) is 5.56 Å². The number of rotatable bonds is 5. The van der Waals surface area contributed by atoms with E-state index in [1.807, 2.05) is 0 Å². The molecule has 0 aliphatic carbocycles. The van der Waals surface area contributed by atoms with Crippen molar-refractivity contribution >= 4 is 31.6 Å². The van der Waals surface area contributed by atoms with Crippen molar-refractivity contribution in [3.63, 3.8) is 0 Å². The second-order valence-corrected chi connectivity index (χ2v) is 6.90. The highest BCUT2D eigenvalue weighted by molar-refractivity contribution is 9.10. The van der Waals surface area contributed by atoms with Gasteiger partial charge in [0.1, 0.15) is 5.82 Å². The van der Waals surface area contributed by atoms with Crippen LogP contribution in [0.3, 0.4) is 0 Å². The van der Waals surface area contributed by atoms with Crippen molar-refractivity contribution in [1.82, 2.24) is 9.71 Å². The molecule has 5 nitrogen and oxygen atoms in total. The molecule has 0 fully saturated rings. The van der Waals surface area contributed by atoms with Crippen molar-refractivity contribution < 1.29 is 12.8 Å². The maximum Gasteiger partial charge on any atom is 0.241 e. The van der Waals surface area contributed by atoms with Crippen molar-refractivity contribution in [2.24, 2.45) is 0 Å². The summed E-state index contributed by atoms with van der Waals surface area (Å²) in [6.07, 6.45) is 3.80. The highest BCUT2D eigenvalue weighted by atomic mass is 79.9. The van der Waals surface area contributed by atoms with E-state index in [0.29, 0.717) is 6.42 Å². The lowest BCUT2D eigenvalue weighted by atomic mass is 10.2. The second kappa shape index (κ2) is 6.50. The summed E-state index contributed by atoms with van der Waals surface area (Å²) in [7, 11) is -3.76. The number of aromatic nitrogens is 1. The van der Waals surface area contributed by atoms with Gasteiger partial charge in [-0.1, -0.05) is 0 Å². The molecule has 21 heavy (non-hydrogen) atoms. The first kappa shape index (κ1) is 15.9. The van der Waals surface area contributed by atoms with Crippen molar-refractivity contribution in [2.45, 2.75) is 11.3 Å². The second-order valence-electron chi connectivity index (χ2n) is 4.31. The first-order chi connectivity index (χ1) is 9.90. The van der Waals surface area contributed by atoms with Crippen LogP contribution in [0.4, 0.5) is 10.1 Å². The molecule has 0 aliphatic heterocycles. The molecule has 112 valence electrons. The quantitative estimate of drug-likeness (QED) is 0.785. The molecule has 2 rings (SSSR count). The number of benzene rings is 1. The minimum absolute atomic E-state index is 0.0869. The van der Waals surface area contributed by atoms with E-state index in [2.05, 4.69) is 25.6 Å². The van der Waals surface area contributed by atoms with E-state index < -0.39 is 15.8 Å². The van der Waals surface area contributed by atoms with Crippen LogP contribution in [0.5, 0.6) is 0 Å². The summed E-state index contributed by atoms with van der Waals surface area (Å²) in [5.41, 5.74) is 6.16. The van der Waals surface area contributed by atoms with Gasteiger partial charge in [-0.3, -0.25) is 4.98 Å². The number of hydrogen-bond acceptors (Lipinski definition) is 4. The summed E-state index contributed by atoms with van der Waals surface area (Å²) < 4.78 is 40.2. The third kappa shape index (κ3) is 3.99. The Bertz CT molecular complexity index is 739. The van der Waals surface area contributed by atoms with Gasteiger partial charge < -0.3 is 5.73 Å². The predicted molar refractivity (Wildman–Crippen MR) is 81.6 cm³/mol. The van der Waals surface area contributed by atoms with E-state index in [9.17, 15) is 12.8 Å². The molecule has 0 atom stereocenters. The van der Waals surface area contributed by atoms with E-state index in [1.54, 1.807) is 24.5 Å². The Labute approximate surface area is 130 Å². The Kier molecular flexibility index (Phi) is 4.92. The Morgan fingerprint density at radius 3 is 2.62 bits per heavy atom. The van der Waals surface area contributed by atoms with Crippen molar-refractivity contribution in [1.29, 1.82) is 0 Å². The lowest BCUT2D eigenvalue weighted by Gasteiger charge is -2.10. The van der Waals surface area contributed by atoms with Crippen LogP contribution >= 0.6 is 15.9 Å². The van der Waals surface area contributed by atoms with Gasteiger partial charge in [-0.05, 0) is 52.2 Å². The number of sulfonamides is 1. The van der Waals surface area contributed by atoms with Gasteiger partial charge in [0.05, 0.1) is 10.6 Å². The molecule has 0 unspecified atom stereocenters. The smallest absolute Gasteiger partial charge is 0.241 e. The third-order valence-electron chi connectivity index (χ3n) is 2.80. The normalized spacial score (nSPS) is 11.5. The van der Waals surface area contributed by atoms with Crippen LogP contribution in [0.2, 0.25) is 0 Å². The largest absolute Gasteiger partial charge is 0.396 e. The van der Waals surface area contributed by atoms with Gasteiger partial charge in [-0.25, -0.2) is 17.5 Å². The fraction of sp³-hybridized carbons (Fsp3) is 0.154. The molecule has 0 saturated heterocycles. The van der Waals surface area contributed by atoms with E-state index in [-0.39, 0.29) is 21.6 Å². The summed E-state index contributed by atoms with van der Waals surface area (Å²) in [6, 6.07) is 5.74. The van der Waals surface area contributed by atoms with Gasteiger partial charge in [0.15, 0.2) is 0 Å². The van der Waals surface area contributed by atoms with Crippen LogP contribution in [-0.2, 0) is 16.4 Å². The Balaban J connectivity index is 2.10. The van der Waals surface area contributed by atoms with E-state index in [0.717, 1.165) is 17.7 Å². The lowest BCUT2D eigenvalue weighted by molar-refractivity contribution is 0.580. The van der Waals surface area contributed by atoms with E-state index in [4.69, 9.17) is 5.73 Å². The monoisotopic (exact) mass is 373 g/mol. The summed E-state index contributed by atoms with van der Waals surface area (Å²) in [5, 5.41) is 0. The van der Waals surface area contributed by atoms with Gasteiger partial charge in [0.25, 0.3) is 0 Å². The number of hydrogen-bond donors (Lipinski definition) is 2. The highest BCUT2D eigenvalue weighted by Crippen LogP contribution is 2.26. The average molecular weight is 374 g/mol. The minimum atomic E-state index is -3.76. The maximum absolute atomic E-state index is 13.2. The van der Waals surface area contributed by atoms with Crippen LogP contribution < -0.4 is 10.5 Å². The molecule has 1 aromatic carbocycles. The lowest BCUT2D eigenvalue weighted by Crippen LogP contribution is -2.26. The molecule has 1 aromatic heterocycles. The van der Waals surface area contributed by atoms with Crippen molar-refractivity contribution in [3.8, 4) is 0 Å². The van der Waals surface area contributed by atoms with Gasteiger partial charge in [-0.15, -0.1) is 0 Å². The molecule has 1 heterocycles. The van der Waals surface area contributed by atoms with Crippen LogP contribution in [0, 0.1) is 5.82 Å². The van der Waals surface area contributed by atoms with Gasteiger partial charge in [0.2, 0.25) is 10.0 Å². The number of nitrogens with zero attached hydrogens (tertiary/aromatic N) is 1. The number of nitrogen functional groups attached to an aromatic ring is 1. The van der Waals surface area contributed by atoms with Crippen LogP contribution in [-0.4, -0.2) is 19.9 Å². The van der Waals surface area contributed by atoms with E-state index >= 15 is 0 Å². The minimum Gasteiger partial charge on any atom is -0.396 e. The summed E-state index contributed by atoms with van der Waals surface area (Å²) >= 11 is 3.03. The zero-order valence-electron chi connectivity index (χ0n) is 10.9. The Morgan fingerprint density at radius 1 is 1.29 bits per heavy atom. The number of halogens is 2. The Hall–Kier alpha value is -1.51. The molecule has 0 bridgehead atoms. The summed E-state index contributed by atoms with van der Waals surface area (Å²) in [4.78, 5) is 3.80. The third-order valence-corrected chi connectivity index (χ3v) is 5.22. The van der Waals surface area contributed by atoms with Crippen LogP contribution in [0.25, 0.3) is 0 Å². The average Bonchev–Trinajstić information content (AvgIpc) is 2.43. The summed E-state index contributed by atoms with van der Waals surface area (Å²) in [5.74, 6) is -0.669. The molecular weight excluding hydrogens is 361 g/mol. The molecule has 0 aliphatic rings. The zero-order chi connectivity index (χ0) is 15.5. The van der Waals surface area contributed by atoms with E-state index in [1.165, 1.54) is 0 Å². The number of anilines is 1. The molecule has 0 spiro atoms. The summed E-state index contributed by atoms with van der Waals surface area (Å²) in [6.45, 7) is 0.218. The first-order valence-electron chi connectivity index (χ1n) is 6.03. The Morgan fingerprint density at radius 2 is 1.95 bits per heavy atom. The van der Waals surface area contributed by atoms with Crippen molar-refractivity contribution in [2.75, 3.05) is 12.3 Å². The fourth-order valence-electron chi connectivity index (χ4n) is 1.71. The topological polar surface area (TPSA) is 85.1 Å². The maximum atomic E-state index is 13.2. The van der Waals surface area contributed by atoms with Crippen molar-refractivity contribution in [3.05, 3.63) is 52.5 Å². The fourth-order valence-corrected chi connectivity index (χ4v) is 3.79.